The van der Waals surface area contributed by atoms with E-state index in [4.69, 9.17) is 20.1 Å². The number of para-hydroxylation sites is 2. The summed E-state index contributed by atoms with van der Waals surface area (Å²) in [6, 6.07) is 15.6. The number of rotatable bonds is 11. The molecule has 2 aromatic carbocycles. The Labute approximate surface area is 293 Å². The molecule has 2 unspecified atom stereocenters. The summed E-state index contributed by atoms with van der Waals surface area (Å²) in [6.45, 7) is 7.96. The summed E-state index contributed by atoms with van der Waals surface area (Å²) in [5, 5.41) is 25.8. The second-order valence-electron chi connectivity index (χ2n) is 9.97. The zero-order chi connectivity index (χ0) is 39.6. The summed E-state index contributed by atoms with van der Waals surface area (Å²) in [6.07, 6.45) is -30.4. The van der Waals surface area contributed by atoms with E-state index in [9.17, 15) is 61.5 Å². The molecule has 0 saturated heterocycles. The van der Waals surface area contributed by atoms with Gasteiger partial charge in [0, 0.05) is 16.8 Å². The average molecular weight is 870 g/mol. The zero-order valence-electron chi connectivity index (χ0n) is 26.7. The maximum atomic E-state index is 13.5. The van der Waals surface area contributed by atoms with E-state index < -0.39 is 72.1 Å². The highest BCUT2D eigenvalue weighted by Gasteiger charge is 2.73. The molecule has 0 aromatic heterocycles. The molecular formula is C30H38F14INO4. The largest absolute Gasteiger partial charge is 0.508 e. The minimum absolute atomic E-state index is 0.0803. The number of benzene rings is 2. The number of nitrogens with zero attached hydrogens (tertiary/aromatic N) is 1. The number of ether oxygens (including phenoxy) is 1. The molecule has 0 bridgehead atoms. The predicted octanol–water partition coefficient (Wildman–Crippen LogP) is 9.39. The summed E-state index contributed by atoms with van der Waals surface area (Å²) < 4.78 is 176. The van der Waals surface area contributed by atoms with Crippen molar-refractivity contribution < 1.29 is 81.5 Å². The summed E-state index contributed by atoms with van der Waals surface area (Å²) in [4.78, 5) is 2.38. The first-order chi connectivity index (χ1) is 22.7. The van der Waals surface area contributed by atoms with Gasteiger partial charge in [-0.1, -0.05) is 79.8 Å². The highest BCUT2D eigenvalue weighted by atomic mass is 127. The van der Waals surface area contributed by atoms with Gasteiger partial charge in [-0.3, -0.25) is 0 Å². The van der Waals surface area contributed by atoms with Gasteiger partial charge in [-0.05, 0) is 43.9 Å². The van der Waals surface area contributed by atoms with E-state index in [0.717, 1.165) is 22.6 Å². The van der Waals surface area contributed by atoms with Crippen LogP contribution in [0.15, 0.2) is 60.7 Å². The molecule has 2 rings (SSSR count). The fourth-order valence-electron chi connectivity index (χ4n) is 3.40. The molecule has 0 aliphatic heterocycles. The minimum atomic E-state index is -6.17. The van der Waals surface area contributed by atoms with Crippen LogP contribution in [0.1, 0.15) is 33.6 Å². The number of phenolic OH excluding ortho intramolecular Hbond substituents is 1. The Morgan fingerprint density at radius 1 is 0.580 bits per heavy atom. The van der Waals surface area contributed by atoms with Crippen LogP contribution >= 0.6 is 22.6 Å². The van der Waals surface area contributed by atoms with Gasteiger partial charge in [-0.15, -0.1) is 0 Å². The molecule has 5 nitrogen and oxygen atoms in total. The van der Waals surface area contributed by atoms with Gasteiger partial charge >= 0.3 is 30.4 Å². The maximum absolute atomic E-state index is 13.5. The number of aliphatic hydroxyl groups excluding tert-OH is 2. The van der Waals surface area contributed by atoms with Crippen molar-refractivity contribution >= 4 is 22.6 Å². The molecule has 0 spiro atoms. The standard InChI is InChI=1S/C12H11F7O2.C6H6F7IO.C6H15N.C6H6O/c13-10(11(14,15)16,12(17,18)19)6-9(7-20)21-8-4-2-1-3-5-8;7-4(5(8,9)10,6(11,12)13)1-3(14)2-15;1-4-7(5-2)6-3;7-6-4-2-1-3-5-6/h1-5,9,20H,6-7H2;3,15H,1-2H2;4-6H2,1-3H3;1-5,7H. The normalized spacial score (nSPS) is 13.9. The second-order valence-corrected chi connectivity index (χ2v) is 11.7. The lowest BCUT2D eigenvalue weighted by molar-refractivity contribution is -0.347. The van der Waals surface area contributed by atoms with Gasteiger partial charge < -0.3 is 25.0 Å². The number of alkyl halides is 15. The number of hydrogen-bond donors (Lipinski definition) is 3. The van der Waals surface area contributed by atoms with Crippen molar-refractivity contribution in [3.8, 4) is 11.5 Å². The van der Waals surface area contributed by atoms with Crippen LogP contribution in [-0.4, -0.2) is 99.1 Å². The molecule has 20 heteroatoms. The first kappa shape index (κ1) is 49.8. The third-order valence-electron chi connectivity index (χ3n) is 6.35. The zero-order valence-corrected chi connectivity index (χ0v) is 28.9. The third-order valence-corrected chi connectivity index (χ3v) is 7.19. The Morgan fingerprint density at radius 3 is 1.16 bits per heavy atom. The van der Waals surface area contributed by atoms with Crippen LogP contribution in [0, 0.1) is 0 Å². The smallest absolute Gasteiger partial charge is 0.431 e. The van der Waals surface area contributed by atoms with E-state index >= 15 is 0 Å². The lowest BCUT2D eigenvalue weighted by Gasteiger charge is -2.32. The van der Waals surface area contributed by atoms with Gasteiger partial charge in [0.2, 0.25) is 0 Å². The predicted molar refractivity (Wildman–Crippen MR) is 166 cm³/mol. The average Bonchev–Trinajstić information content (AvgIpc) is 3.01. The second kappa shape index (κ2) is 21.9. The van der Waals surface area contributed by atoms with Gasteiger partial charge in [0.25, 0.3) is 5.67 Å². The van der Waals surface area contributed by atoms with E-state index in [1.165, 1.54) is 50.0 Å². The van der Waals surface area contributed by atoms with Crippen LogP contribution in [0.4, 0.5) is 61.5 Å². The lowest BCUT2D eigenvalue weighted by atomic mass is 9.96. The number of phenols is 1. The van der Waals surface area contributed by atoms with Crippen molar-refractivity contribution in [2.75, 3.05) is 32.8 Å². The Bertz CT molecular complexity index is 1110. The summed E-state index contributed by atoms with van der Waals surface area (Å²) in [7, 11) is 0. The first-order valence-electron chi connectivity index (χ1n) is 14.4. The van der Waals surface area contributed by atoms with E-state index in [2.05, 4.69) is 25.7 Å². The number of aromatic hydroxyl groups is 1. The highest BCUT2D eigenvalue weighted by molar-refractivity contribution is 14.1. The molecule has 0 aliphatic carbocycles. The van der Waals surface area contributed by atoms with Crippen LogP contribution in [-0.2, 0) is 0 Å². The van der Waals surface area contributed by atoms with E-state index in [-0.39, 0.29) is 5.75 Å². The van der Waals surface area contributed by atoms with Crippen molar-refractivity contribution in [1.29, 1.82) is 0 Å². The first-order valence-corrected chi connectivity index (χ1v) is 15.6. The molecule has 2 atom stereocenters. The van der Waals surface area contributed by atoms with Crippen molar-refractivity contribution in [3.63, 3.8) is 0 Å². The van der Waals surface area contributed by atoms with Gasteiger partial charge in [-0.2, -0.15) is 52.7 Å². The lowest BCUT2D eigenvalue weighted by Crippen LogP contribution is -2.55. The van der Waals surface area contributed by atoms with E-state index in [1.54, 1.807) is 24.3 Å². The molecule has 292 valence electrons. The number of aliphatic hydroxyl groups is 2. The number of hydrogen-bond acceptors (Lipinski definition) is 5. The molecule has 0 amide bonds. The molecule has 0 fully saturated rings. The molecule has 3 N–H and O–H groups in total. The fraction of sp³-hybridized carbons (Fsp3) is 0.600. The van der Waals surface area contributed by atoms with Gasteiger partial charge in [-0.25, -0.2) is 8.78 Å². The SMILES string of the molecule is CCN(CC)CC.OCC(CC(F)(C(F)(F)F)C(F)(F)F)Oc1ccccc1.OCC(I)CC(F)(C(F)(F)F)C(F)(F)F.Oc1ccccc1. The van der Waals surface area contributed by atoms with E-state index in [1.807, 2.05) is 6.07 Å². The maximum Gasteiger partial charge on any atom is 0.431 e. The molecular weight excluding hydrogens is 831 g/mol. The summed E-state index contributed by atoms with van der Waals surface area (Å²) in [5.74, 6) is 0.241. The fourth-order valence-corrected chi connectivity index (χ4v) is 4.01. The van der Waals surface area contributed by atoms with Crippen molar-refractivity contribution in [2.24, 2.45) is 0 Å². The van der Waals surface area contributed by atoms with Crippen LogP contribution in [0.3, 0.4) is 0 Å². The molecule has 0 radical (unpaired) electrons. The minimum Gasteiger partial charge on any atom is -0.508 e. The number of halogens is 15. The Morgan fingerprint density at radius 2 is 0.920 bits per heavy atom. The third kappa shape index (κ3) is 16.8. The van der Waals surface area contributed by atoms with Crippen LogP contribution in [0.2, 0.25) is 0 Å². The quantitative estimate of drug-likeness (QED) is 0.119. The van der Waals surface area contributed by atoms with E-state index in [0.29, 0.717) is 5.75 Å². The monoisotopic (exact) mass is 869 g/mol. The molecule has 0 heterocycles. The summed E-state index contributed by atoms with van der Waals surface area (Å²) >= 11 is 1.12. The molecule has 0 saturated carbocycles. The molecule has 2 aromatic rings. The highest BCUT2D eigenvalue weighted by Crippen LogP contribution is 2.50. The van der Waals surface area contributed by atoms with Crippen molar-refractivity contribution in [2.45, 2.75) is 79.7 Å². The molecule has 0 aliphatic rings. The Hall–Kier alpha value is -2.33. The topological polar surface area (TPSA) is 73.2 Å². The van der Waals surface area contributed by atoms with Gasteiger partial charge in [0.15, 0.2) is 0 Å². The Balaban J connectivity index is 0. The van der Waals surface area contributed by atoms with Crippen molar-refractivity contribution in [1.82, 2.24) is 4.90 Å². The summed E-state index contributed by atoms with van der Waals surface area (Å²) in [5.41, 5.74) is -10.7. The van der Waals surface area contributed by atoms with Crippen LogP contribution in [0.25, 0.3) is 0 Å². The van der Waals surface area contributed by atoms with Crippen LogP contribution < -0.4 is 4.74 Å². The van der Waals surface area contributed by atoms with Crippen molar-refractivity contribution in [3.05, 3.63) is 60.7 Å². The molecule has 50 heavy (non-hydrogen) atoms. The van der Waals surface area contributed by atoms with Crippen LogP contribution in [0.5, 0.6) is 11.5 Å². The van der Waals surface area contributed by atoms with Gasteiger partial charge in [0.1, 0.15) is 17.6 Å². The Kier molecular flexibility index (Phi) is 21.8. The van der Waals surface area contributed by atoms with Gasteiger partial charge in [0.05, 0.1) is 13.2 Å².